The minimum atomic E-state index is -3.58. The topological polar surface area (TPSA) is 58.6 Å². The average Bonchev–Trinajstić information content (AvgIpc) is 2.50. The second-order valence-corrected chi connectivity index (χ2v) is 7.58. The molecule has 0 aliphatic carbocycles. The molecule has 5 nitrogen and oxygen atoms in total. The van der Waals surface area contributed by atoms with E-state index in [-0.39, 0.29) is 12.6 Å². The summed E-state index contributed by atoms with van der Waals surface area (Å²) in [6, 6.07) is 11.0. The predicted molar refractivity (Wildman–Crippen MR) is 94.6 cm³/mol. The van der Waals surface area contributed by atoms with Gasteiger partial charge in [0.15, 0.2) is 0 Å². The van der Waals surface area contributed by atoms with Crippen LogP contribution in [0.25, 0.3) is 10.8 Å². The van der Waals surface area contributed by atoms with E-state index in [0.717, 1.165) is 16.5 Å². The number of fused-ring (bicyclic) bond motifs is 1. The van der Waals surface area contributed by atoms with E-state index in [4.69, 9.17) is 4.74 Å². The van der Waals surface area contributed by atoms with E-state index < -0.39 is 10.0 Å². The minimum Gasteiger partial charge on any atom is -0.377 e. The third-order valence-corrected chi connectivity index (χ3v) is 4.99. The van der Waals surface area contributed by atoms with Crippen molar-refractivity contribution < 1.29 is 13.2 Å². The van der Waals surface area contributed by atoms with E-state index >= 15 is 0 Å². The molecule has 6 heteroatoms. The summed E-state index contributed by atoms with van der Waals surface area (Å²) in [6.45, 7) is 4.44. The Hall–Kier alpha value is -1.63. The van der Waals surface area contributed by atoms with Gasteiger partial charge in [0.2, 0.25) is 10.0 Å². The van der Waals surface area contributed by atoms with E-state index in [2.05, 4.69) is 4.72 Å². The maximum atomic E-state index is 12.6. The van der Waals surface area contributed by atoms with Crippen LogP contribution in [0, 0.1) is 0 Å². The molecule has 0 heterocycles. The SMILES string of the molecule is CC(C)OCCNS(=O)(=O)c1cccc2c(N(C)C)cccc12. The second-order valence-electron chi connectivity index (χ2n) is 5.84. The van der Waals surface area contributed by atoms with Crippen molar-refractivity contribution in [2.45, 2.75) is 24.8 Å². The zero-order valence-corrected chi connectivity index (χ0v) is 14.9. The van der Waals surface area contributed by atoms with Gasteiger partial charge in [-0.25, -0.2) is 13.1 Å². The third-order valence-electron chi connectivity index (χ3n) is 3.48. The highest BCUT2D eigenvalue weighted by atomic mass is 32.2. The molecule has 126 valence electrons. The van der Waals surface area contributed by atoms with Crippen LogP contribution in [0.2, 0.25) is 0 Å². The van der Waals surface area contributed by atoms with E-state index in [1.807, 2.05) is 57.1 Å². The first kappa shape index (κ1) is 17.7. The average molecular weight is 336 g/mol. The Balaban J connectivity index is 2.34. The molecule has 2 aromatic carbocycles. The molecule has 1 N–H and O–H groups in total. The minimum absolute atomic E-state index is 0.0831. The molecule has 0 bridgehead atoms. The van der Waals surface area contributed by atoms with Gasteiger partial charge in [0.1, 0.15) is 0 Å². The largest absolute Gasteiger partial charge is 0.377 e. The molecule has 0 aliphatic rings. The van der Waals surface area contributed by atoms with E-state index in [1.165, 1.54) is 0 Å². The van der Waals surface area contributed by atoms with Gasteiger partial charge in [-0.05, 0) is 26.0 Å². The standard InChI is InChI=1S/C17H24N2O3S/c1-13(2)22-12-11-18-23(20,21)17-10-6-7-14-15(17)8-5-9-16(14)19(3)4/h5-10,13,18H,11-12H2,1-4H3. The van der Waals surface area contributed by atoms with Gasteiger partial charge in [0.05, 0.1) is 17.6 Å². The molecule has 23 heavy (non-hydrogen) atoms. The van der Waals surface area contributed by atoms with Crippen LogP contribution in [0.15, 0.2) is 41.3 Å². The van der Waals surface area contributed by atoms with Crippen molar-refractivity contribution in [1.82, 2.24) is 4.72 Å². The van der Waals surface area contributed by atoms with Crippen molar-refractivity contribution >= 4 is 26.5 Å². The van der Waals surface area contributed by atoms with Crippen molar-refractivity contribution in [2.24, 2.45) is 0 Å². The lowest BCUT2D eigenvalue weighted by atomic mass is 10.1. The highest BCUT2D eigenvalue weighted by Crippen LogP contribution is 2.29. The molecule has 0 saturated heterocycles. The molecule has 0 radical (unpaired) electrons. The zero-order valence-electron chi connectivity index (χ0n) is 14.0. The number of nitrogens with one attached hydrogen (secondary N) is 1. The van der Waals surface area contributed by atoms with Crippen LogP contribution in [-0.2, 0) is 14.8 Å². The second kappa shape index (κ2) is 7.29. The predicted octanol–water partition coefficient (Wildman–Crippen LogP) is 2.61. The van der Waals surface area contributed by atoms with Crippen LogP contribution in [0.3, 0.4) is 0 Å². The first-order chi connectivity index (χ1) is 10.8. The number of hydrogen-bond acceptors (Lipinski definition) is 4. The maximum Gasteiger partial charge on any atom is 0.241 e. The van der Waals surface area contributed by atoms with Crippen LogP contribution in [0.1, 0.15) is 13.8 Å². The Labute approximate surface area is 138 Å². The zero-order chi connectivity index (χ0) is 17.0. The molecular weight excluding hydrogens is 312 g/mol. The van der Waals surface area contributed by atoms with Crippen LogP contribution in [-0.4, -0.2) is 41.8 Å². The Kier molecular flexibility index (Phi) is 5.62. The van der Waals surface area contributed by atoms with Gasteiger partial charge in [-0.2, -0.15) is 0 Å². The van der Waals surface area contributed by atoms with Crippen LogP contribution >= 0.6 is 0 Å². The summed E-state index contributed by atoms with van der Waals surface area (Å²) >= 11 is 0. The Morgan fingerprint density at radius 1 is 1.09 bits per heavy atom. The van der Waals surface area contributed by atoms with Gasteiger partial charge in [0, 0.05) is 37.1 Å². The van der Waals surface area contributed by atoms with E-state index in [9.17, 15) is 8.42 Å². The van der Waals surface area contributed by atoms with Crippen LogP contribution in [0.4, 0.5) is 5.69 Å². The molecule has 0 saturated carbocycles. The highest BCUT2D eigenvalue weighted by molar-refractivity contribution is 7.89. The summed E-state index contributed by atoms with van der Waals surface area (Å²) in [5.41, 5.74) is 0.989. The fraction of sp³-hybridized carbons (Fsp3) is 0.412. The quantitative estimate of drug-likeness (QED) is 0.790. The molecule has 2 rings (SSSR count). The normalized spacial score (nSPS) is 12.0. The van der Waals surface area contributed by atoms with Crippen LogP contribution < -0.4 is 9.62 Å². The Morgan fingerprint density at radius 2 is 1.74 bits per heavy atom. The van der Waals surface area contributed by atoms with Crippen molar-refractivity contribution in [1.29, 1.82) is 0 Å². The summed E-state index contributed by atoms with van der Waals surface area (Å²) < 4.78 is 33.2. The lowest BCUT2D eigenvalue weighted by Gasteiger charge is -2.17. The summed E-state index contributed by atoms with van der Waals surface area (Å²) in [5.74, 6) is 0. The molecule has 0 spiro atoms. The van der Waals surface area contributed by atoms with Gasteiger partial charge in [-0.3, -0.25) is 0 Å². The number of hydrogen-bond donors (Lipinski definition) is 1. The maximum absolute atomic E-state index is 12.6. The summed E-state index contributed by atoms with van der Waals surface area (Å²) in [5, 5.41) is 1.63. The first-order valence-corrected chi connectivity index (χ1v) is 9.11. The number of nitrogens with zero attached hydrogens (tertiary/aromatic N) is 1. The smallest absolute Gasteiger partial charge is 0.241 e. The monoisotopic (exact) mass is 336 g/mol. The molecule has 2 aromatic rings. The molecule has 0 fully saturated rings. The fourth-order valence-corrected chi connectivity index (χ4v) is 3.67. The van der Waals surface area contributed by atoms with Crippen molar-refractivity contribution in [3.05, 3.63) is 36.4 Å². The third kappa shape index (κ3) is 4.22. The molecule has 0 amide bonds. The van der Waals surface area contributed by atoms with E-state index in [1.54, 1.807) is 12.1 Å². The van der Waals surface area contributed by atoms with Gasteiger partial charge in [-0.1, -0.05) is 24.3 Å². The van der Waals surface area contributed by atoms with Crippen molar-refractivity contribution in [3.63, 3.8) is 0 Å². The summed E-state index contributed by atoms with van der Waals surface area (Å²) in [4.78, 5) is 2.27. The van der Waals surface area contributed by atoms with Crippen molar-refractivity contribution in [3.8, 4) is 0 Å². The lowest BCUT2D eigenvalue weighted by Crippen LogP contribution is -2.28. The van der Waals surface area contributed by atoms with E-state index in [0.29, 0.717) is 11.5 Å². The Bertz CT molecular complexity index is 771. The molecule has 0 unspecified atom stereocenters. The van der Waals surface area contributed by atoms with Gasteiger partial charge in [-0.15, -0.1) is 0 Å². The summed E-state index contributed by atoms with van der Waals surface area (Å²) in [7, 11) is 0.308. The van der Waals surface area contributed by atoms with Gasteiger partial charge >= 0.3 is 0 Å². The molecule has 0 aliphatic heterocycles. The molecule has 0 aromatic heterocycles. The number of ether oxygens (including phenoxy) is 1. The van der Waals surface area contributed by atoms with Crippen molar-refractivity contribution in [2.75, 3.05) is 32.1 Å². The lowest BCUT2D eigenvalue weighted by molar-refractivity contribution is 0.0834. The highest BCUT2D eigenvalue weighted by Gasteiger charge is 2.18. The first-order valence-electron chi connectivity index (χ1n) is 7.63. The van der Waals surface area contributed by atoms with Crippen LogP contribution in [0.5, 0.6) is 0 Å². The Morgan fingerprint density at radius 3 is 2.39 bits per heavy atom. The number of anilines is 1. The fourth-order valence-electron chi connectivity index (χ4n) is 2.44. The number of rotatable bonds is 7. The molecular formula is C17H24N2O3S. The number of benzene rings is 2. The van der Waals surface area contributed by atoms with Gasteiger partial charge in [0.25, 0.3) is 0 Å². The van der Waals surface area contributed by atoms with Gasteiger partial charge < -0.3 is 9.64 Å². The number of sulfonamides is 1. The molecule has 0 atom stereocenters. The summed E-state index contributed by atoms with van der Waals surface area (Å²) in [6.07, 6.45) is 0.0831.